The molecule has 0 aliphatic rings. The van der Waals surface area contributed by atoms with Crippen LogP contribution in [0.15, 0.2) is 73.1 Å². The van der Waals surface area contributed by atoms with Crippen LogP contribution in [0.5, 0.6) is 0 Å². The summed E-state index contributed by atoms with van der Waals surface area (Å²) in [5.41, 5.74) is 4.46. The highest BCUT2D eigenvalue weighted by Crippen LogP contribution is 2.24. The van der Waals surface area contributed by atoms with E-state index >= 15 is 0 Å². The van der Waals surface area contributed by atoms with Gasteiger partial charge in [0.25, 0.3) is 5.91 Å². The molecule has 4 aromatic rings. The van der Waals surface area contributed by atoms with Gasteiger partial charge in [-0.05, 0) is 42.3 Å². The van der Waals surface area contributed by atoms with E-state index in [-0.39, 0.29) is 11.5 Å². The maximum absolute atomic E-state index is 13.0. The number of nitrogens with zero attached hydrogens (tertiary/aromatic N) is 2. The van der Waals surface area contributed by atoms with Gasteiger partial charge in [-0.3, -0.25) is 14.8 Å². The third-order valence-corrected chi connectivity index (χ3v) is 4.88. The van der Waals surface area contributed by atoms with Crippen molar-refractivity contribution >= 4 is 28.5 Å². The van der Waals surface area contributed by atoms with E-state index in [4.69, 9.17) is 5.11 Å². The van der Waals surface area contributed by atoms with Gasteiger partial charge in [0.2, 0.25) is 0 Å². The van der Waals surface area contributed by atoms with Gasteiger partial charge in [-0.1, -0.05) is 37.3 Å². The summed E-state index contributed by atoms with van der Waals surface area (Å²) in [5.74, 6) is -1.31. The van der Waals surface area contributed by atoms with E-state index in [1.807, 2.05) is 24.3 Å². The number of benzene rings is 2. The predicted molar refractivity (Wildman–Crippen MR) is 116 cm³/mol. The standard InChI is InChI=1S/C24H19N3O3/c1-2-15-5-7-16(8-6-15)22-20(4-3-11-25-22)23(28)27-19-10-9-17-12-18(24(29)30)14-26-21(17)13-19/h3-14H,2H2,1H3,(H,27,28)(H,29,30). The maximum atomic E-state index is 13.0. The van der Waals surface area contributed by atoms with E-state index in [0.29, 0.717) is 27.8 Å². The van der Waals surface area contributed by atoms with Crippen molar-refractivity contribution in [2.24, 2.45) is 0 Å². The monoisotopic (exact) mass is 397 g/mol. The summed E-state index contributed by atoms with van der Waals surface area (Å²) in [4.78, 5) is 32.7. The van der Waals surface area contributed by atoms with Crippen molar-refractivity contribution < 1.29 is 14.7 Å². The van der Waals surface area contributed by atoms with Crippen molar-refractivity contribution in [2.75, 3.05) is 5.32 Å². The molecule has 6 heteroatoms. The van der Waals surface area contributed by atoms with Crippen molar-refractivity contribution in [2.45, 2.75) is 13.3 Å². The highest BCUT2D eigenvalue weighted by atomic mass is 16.4. The second kappa shape index (κ2) is 8.13. The summed E-state index contributed by atoms with van der Waals surface area (Å²) in [6.45, 7) is 2.09. The molecule has 2 N–H and O–H groups in total. The Bertz CT molecular complexity index is 1250. The van der Waals surface area contributed by atoms with Gasteiger partial charge < -0.3 is 10.4 Å². The number of aromatic carboxylic acids is 1. The van der Waals surface area contributed by atoms with Crippen LogP contribution in [0.4, 0.5) is 5.69 Å². The number of carboxylic acid groups (broad SMARTS) is 1. The second-order valence-corrected chi connectivity index (χ2v) is 6.84. The molecule has 0 aliphatic carbocycles. The van der Waals surface area contributed by atoms with E-state index in [0.717, 1.165) is 12.0 Å². The fourth-order valence-corrected chi connectivity index (χ4v) is 3.23. The molecule has 0 atom stereocenters. The summed E-state index contributed by atoms with van der Waals surface area (Å²) in [7, 11) is 0. The third kappa shape index (κ3) is 3.89. The molecular weight excluding hydrogens is 378 g/mol. The van der Waals surface area contributed by atoms with Crippen LogP contribution < -0.4 is 5.32 Å². The number of carboxylic acids is 1. The van der Waals surface area contributed by atoms with Crippen LogP contribution in [0.1, 0.15) is 33.2 Å². The Balaban J connectivity index is 1.62. The summed E-state index contributed by atoms with van der Waals surface area (Å²) in [6, 6.07) is 18.2. The molecule has 2 aromatic heterocycles. The Labute approximate surface area is 173 Å². The lowest BCUT2D eigenvalue weighted by molar-refractivity contribution is 0.0696. The number of rotatable bonds is 5. The van der Waals surface area contributed by atoms with Gasteiger partial charge >= 0.3 is 5.97 Å². The van der Waals surface area contributed by atoms with E-state index in [9.17, 15) is 9.59 Å². The minimum Gasteiger partial charge on any atom is -0.478 e. The molecule has 1 amide bonds. The molecule has 2 aromatic carbocycles. The van der Waals surface area contributed by atoms with Crippen molar-refractivity contribution in [3.63, 3.8) is 0 Å². The molecule has 0 saturated carbocycles. The zero-order chi connectivity index (χ0) is 21.1. The van der Waals surface area contributed by atoms with Crippen LogP contribution in [0.25, 0.3) is 22.2 Å². The first-order valence-electron chi connectivity index (χ1n) is 9.54. The number of carbonyl (C=O) groups excluding carboxylic acids is 1. The molecule has 0 unspecified atom stereocenters. The SMILES string of the molecule is CCc1ccc(-c2ncccc2C(=O)Nc2ccc3cc(C(=O)O)cnc3c2)cc1. The number of carbonyl (C=O) groups is 2. The van der Waals surface area contributed by atoms with E-state index in [2.05, 4.69) is 22.2 Å². The first kappa shape index (κ1) is 19.3. The molecule has 0 aliphatic heterocycles. The van der Waals surface area contributed by atoms with Crippen molar-refractivity contribution in [3.8, 4) is 11.3 Å². The van der Waals surface area contributed by atoms with Crippen LogP contribution in [-0.4, -0.2) is 27.0 Å². The highest BCUT2D eigenvalue weighted by Gasteiger charge is 2.15. The highest BCUT2D eigenvalue weighted by molar-refractivity contribution is 6.08. The van der Waals surface area contributed by atoms with Gasteiger partial charge in [0, 0.05) is 29.0 Å². The molecule has 0 saturated heterocycles. The third-order valence-electron chi connectivity index (χ3n) is 4.88. The molecule has 30 heavy (non-hydrogen) atoms. The van der Waals surface area contributed by atoms with Crippen molar-refractivity contribution in [1.82, 2.24) is 9.97 Å². The van der Waals surface area contributed by atoms with E-state index < -0.39 is 5.97 Å². The van der Waals surface area contributed by atoms with Crippen LogP contribution in [0, 0.1) is 0 Å². The molecule has 4 rings (SSSR count). The average molecular weight is 397 g/mol. The van der Waals surface area contributed by atoms with Gasteiger partial charge in [-0.25, -0.2) is 4.79 Å². The number of fused-ring (bicyclic) bond motifs is 1. The van der Waals surface area contributed by atoms with Gasteiger partial charge in [0.05, 0.1) is 22.3 Å². The van der Waals surface area contributed by atoms with Crippen LogP contribution in [0.3, 0.4) is 0 Å². The minimum absolute atomic E-state index is 0.119. The lowest BCUT2D eigenvalue weighted by atomic mass is 10.0. The number of aryl methyl sites for hydroxylation is 1. The van der Waals surface area contributed by atoms with Crippen LogP contribution >= 0.6 is 0 Å². The first-order valence-corrected chi connectivity index (χ1v) is 9.54. The number of amides is 1. The summed E-state index contributed by atoms with van der Waals surface area (Å²) < 4.78 is 0. The van der Waals surface area contributed by atoms with Crippen molar-refractivity contribution in [1.29, 1.82) is 0 Å². The Morgan fingerprint density at radius 3 is 2.53 bits per heavy atom. The number of hydrogen-bond donors (Lipinski definition) is 2. The van der Waals surface area contributed by atoms with Gasteiger partial charge in [-0.15, -0.1) is 0 Å². The largest absolute Gasteiger partial charge is 0.478 e. The predicted octanol–water partition coefficient (Wildman–Crippen LogP) is 4.81. The fourth-order valence-electron chi connectivity index (χ4n) is 3.23. The Morgan fingerprint density at radius 2 is 1.80 bits per heavy atom. The number of anilines is 1. The molecule has 0 fully saturated rings. The van der Waals surface area contributed by atoms with E-state index in [1.165, 1.54) is 11.8 Å². The minimum atomic E-state index is -1.03. The number of nitrogens with one attached hydrogen (secondary N) is 1. The smallest absolute Gasteiger partial charge is 0.337 e. The second-order valence-electron chi connectivity index (χ2n) is 6.84. The summed E-state index contributed by atoms with van der Waals surface area (Å²) in [5, 5.41) is 12.7. The average Bonchev–Trinajstić information content (AvgIpc) is 2.78. The molecule has 0 radical (unpaired) electrons. The Kier molecular flexibility index (Phi) is 5.22. The Hall–Kier alpha value is -4.06. The lowest BCUT2D eigenvalue weighted by Gasteiger charge is -2.11. The van der Waals surface area contributed by atoms with Crippen LogP contribution in [-0.2, 0) is 6.42 Å². The summed E-state index contributed by atoms with van der Waals surface area (Å²) in [6.07, 6.45) is 3.91. The molecule has 148 valence electrons. The van der Waals surface area contributed by atoms with Crippen LogP contribution in [0.2, 0.25) is 0 Å². The first-order chi connectivity index (χ1) is 14.5. The zero-order valence-corrected chi connectivity index (χ0v) is 16.3. The zero-order valence-electron chi connectivity index (χ0n) is 16.3. The van der Waals surface area contributed by atoms with Gasteiger partial charge in [0.1, 0.15) is 0 Å². The summed E-state index contributed by atoms with van der Waals surface area (Å²) >= 11 is 0. The fraction of sp³-hybridized carbons (Fsp3) is 0.0833. The quantitative estimate of drug-likeness (QED) is 0.504. The van der Waals surface area contributed by atoms with Gasteiger partial charge in [0.15, 0.2) is 0 Å². The number of hydrogen-bond acceptors (Lipinski definition) is 4. The number of pyridine rings is 2. The molecule has 0 spiro atoms. The number of aromatic nitrogens is 2. The normalized spacial score (nSPS) is 10.7. The van der Waals surface area contributed by atoms with Gasteiger partial charge in [-0.2, -0.15) is 0 Å². The lowest BCUT2D eigenvalue weighted by Crippen LogP contribution is -2.13. The van der Waals surface area contributed by atoms with Crippen molar-refractivity contribution in [3.05, 3.63) is 89.7 Å². The molecule has 0 bridgehead atoms. The topological polar surface area (TPSA) is 92.2 Å². The molecular formula is C24H19N3O3. The molecule has 6 nitrogen and oxygen atoms in total. The molecule has 2 heterocycles. The Morgan fingerprint density at radius 1 is 1.00 bits per heavy atom. The maximum Gasteiger partial charge on any atom is 0.337 e. The van der Waals surface area contributed by atoms with E-state index in [1.54, 1.807) is 42.6 Å².